The summed E-state index contributed by atoms with van der Waals surface area (Å²) in [5, 5.41) is 8.96. The molecule has 20 heavy (non-hydrogen) atoms. The van der Waals surface area contributed by atoms with Crippen molar-refractivity contribution in [2.24, 2.45) is 0 Å². The van der Waals surface area contributed by atoms with E-state index in [0.29, 0.717) is 0 Å². The van der Waals surface area contributed by atoms with Gasteiger partial charge in [-0.15, -0.1) is 0 Å². The lowest BCUT2D eigenvalue weighted by Crippen LogP contribution is -2.54. The summed E-state index contributed by atoms with van der Waals surface area (Å²) >= 11 is 0. The maximum absolute atomic E-state index is 10.9. The molecule has 1 aromatic carbocycles. The minimum atomic E-state index is -0.802. The lowest BCUT2D eigenvalue weighted by atomic mass is 9.78. The molecule has 0 radical (unpaired) electrons. The van der Waals surface area contributed by atoms with Gasteiger partial charge in [-0.2, -0.15) is 0 Å². The molecule has 112 valence electrons. The molecule has 1 rings (SSSR count). The predicted octanol–water partition coefficient (Wildman–Crippen LogP) is 3.04. The molecule has 3 heteroatoms. The Kier molecular flexibility index (Phi) is 4.65. The summed E-state index contributed by atoms with van der Waals surface area (Å²) in [6.45, 7) is 13.0. The third-order valence-electron chi connectivity index (χ3n) is 3.58. The minimum absolute atomic E-state index is 0.0406. The number of rotatable bonds is 3. The van der Waals surface area contributed by atoms with Crippen molar-refractivity contribution in [1.82, 2.24) is 0 Å². The second-order valence-electron chi connectivity index (χ2n) is 7.64. The Morgan fingerprint density at radius 2 is 1.45 bits per heavy atom. The van der Waals surface area contributed by atoms with Gasteiger partial charge in [0.2, 0.25) is 0 Å². The van der Waals surface area contributed by atoms with E-state index in [1.165, 1.54) is 11.1 Å². The van der Waals surface area contributed by atoms with Gasteiger partial charge in [0.1, 0.15) is 12.5 Å². The van der Waals surface area contributed by atoms with Gasteiger partial charge in [0.05, 0.1) is 0 Å². The smallest absolute Gasteiger partial charge is 0.309 e. The zero-order valence-corrected chi connectivity index (χ0v) is 13.6. The third kappa shape index (κ3) is 4.34. The van der Waals surface area contributed by atoms with E-state index in [-0.39, 0.29) is 23.3 Å². The Labute approximate surface area is 122 Å². The van der Waals surface area contributed by atoms with Crippen LogP contribution in [0.1, 0.15) is 70.7 Å². The molecule has 0 aliphatic carbocycles. The van der Waals surface area contributed by atoms with Gasteiger partial charge in [0.25, 0.3) is 0 Å². The summed E-state index contributed by atoms with van der Waals surface area (Å²) in [6, 6.07) is 6.23. The number of carboxylic acid groups (broad SMARTS) is 1. The molecule has 0 aliphatic rings. The van der Waals surface area contributed by atoms with Gasteiger partial charge in [-0.1, -0.05) is 47.6 Å². The number of hydrogen-bond acceptors (Lipinski definition) is 1. The van der Waals surface area contributed by atoms with Gasteiger partial charge >= 0.3 is 5.97 Å². The zero-order valence-electron chi connectivity index (χ0n) is 13.6. The maximum Gasteiger partial charge on any atom is 0.309 e. The summed E-state index contributed by atoms with van der Waals surface area (Å²) in [6.07, 6.45) is 0.0666. The lowest BCUT2D eigenvalue weighted by molar-refractivity contribution is -0.425. The highest BCUT2D eigenvalue weighted by Gasteiger charge is 2.23. The Morgan fingerprint density at radius 3 is 1.75 bits per heavy atom. The van der Waals surface area contributed by atoms with E-state index in [0.717, 1.165) is 5.56 Å². The highest BCUT2D eigenvalue weighted by molar-refractivity contribution is 5.67. The summed E-state index contributed by atoms with van der Waals surface area (Å²) in [5.74, 6) is -0.802. The third-order valence-corrected chi connectivity index (χ3v) is 3.58. The number of carboxylic acids is 1. The van der Waals surface area contributed by atoms with Gasteiger partial charge in [0, 0.05) is 5.56 Å². The maximum atomic E-state index is 10.9. The summed E-state index contributed by atoms with van der Waals surface area (Å²) in [4.78, 5) is 10.9. The molecule has 0 saturated carbocycles. The van der Waals surface area contributed by atoms with E-state index in [4.69, 9.17) is 5.11 Å². The predicted molar refractivity (Wildman–Crippen MR) is 81.7 cm³/mol. The zero-order chi connectivity index (χ0) is 15.7. The lowest BCUT2D eigenvalue weighted by Gasteiger charge is -2.26. The van der Waals surface area contributed by atoms with E-state index in [1.54, 1.807) is 0 Å². The average molecular weight is 278 g/mol. The molecule has 0 aromatic heterocycles. The average Bonchev–Trinajstić information content (AvgIpc) is 2.25. The van der Waals surface area contributed by atoms with Crippen LogP contribution in [0.5, 0.6) is 0 Å². The van der Waals surface area contributed by atoms with Crippen LogP contribution in [-0.4, -0.2) is 11.1 Å². The highest BCUT2D eigenvalue weighted by atomic mass is 16.4. The molecule has 1 atom stereocenters. The van der Waals surface area contributed by atoms with Gasteiger partial charge in [-0.05, 0) is 34.1 Å². The Morgan fingerprint density at radius 1 is 1.05 bits per heavy atom. The molecule has 0 aliphatic heterocycles. The Hall–Kier alpha value is -1.35. The minimum Gasteiger partial charge on any atom is -0.481 e. The molecular formula is C17H28NO2+. The van der Waals surface area contributed by atoms with Crippen LogP contribution in [-0.2, 0) is 15.6 Å². The van der Waals surface area contributed by atoms with Crippen LogP contribution < -0.4 is 5.73 Å². The summed E-state index contributed by atoms with van der Waals surface area (Å²) in [7, 11) is 0. The van der Waals surface area contributed by atoms with Crippen LogP contribution in [0.25, 0.3) is 0 Å². The van der Waals surface area contributed by atoms with Gasteiger partial charge in [-0.3, -0.25) is 4.79 Å². The molecule has 0 saturated heterocycles. The van der Waals surface area contributed by atoms with Gasteiger partial charge < -0.3 is 10.8 Å². The van der Waals surface area contributed by atoms with E-state index >= 15 is 0 Å². The molecule has 0 heterocycles. The van der Waals surface area contributed by atoms with Crippen LogP contribution in [0.15, 0.2) is 18.2 Å². The van der Waals surface area contributed by atoms with E-state index < -0.39 is 5.97 Å². The van der Waals surface area contributed by atoms with Crippen molar-refractivity contribution >= 4 is 5.97 Å². The monoisotopic (exact) mass is 278 g/mol. The van der Waals surface area contributed by atoms with Crippen molar-refractivity contribution < 1.29 is 15.6 Å². The van der Waals surface area contributed by atoms with Crippen molar-refractivity contribution in [2.75, 3.05) is 0 Å². The standard InChI is InChI=1S/C17H27NO2/c1-16(2,3)12-7-11(14(18)10-15(19)20)8-13(9-12)17(4,5)6/h7-9,14H,10,18H2,1-6H3,(H,19,20)/p+1. The number of carbonyl (C=O) groups is 1. The van der Waals surface area contributed by atoms with Crippen LogP contribution in [0.2, 0.25) is 0 Å². The Bertz CT molecular complexity index is 460. The fourth-order valence-corrected chi connectivity index (χ4v) is 2.08. The second-order valence-corrected chi connectivity index (χ2v) is 7.64. The fourth-order valence-electron chi connectivity index (χ4n) is 2.08. The first-order valence-electron chi connectivity index (χ1n) is 7.12. The van der Waals surface area contributed by atoms with Crippen molar-refractivity contribution in [2.45, 2.75) is 64.8 Å². The largest absolute Gasteiger partial charge is 0.481 e. The quantitative estimate of drug-likeness (QED) is 0.892. The first-order chi connectivity index (χ1) is 8.91. The van der Waals surface area contributed by atoms with E-state index in [1.807, 2.05) is 0 Å². The topological polar surface area (TPSA) is 64.9 Å². The van der Waals surface area contributed by atoms with Crippen LogP contribution in [0.4, 0.5) is 0 Å². The fraction of sp³-hybridized carbons (Fsp3) is 0.588. The van der Waals surface area contributed by atoms with Crippen molar-refractivity contribution in [1.29, 1.82) is 0 Å². The van der Waals surface area contributed by atoms with Crippen molar-refractivity contribution in [3.8, 4) is 0 Å². The molecule has 4 N–H and O–H groups in total. The summed E-state index contributed by atoms with van der Waals surface area (Å²) < 4.78 is 0. The molecule has 1 aromatic rings. The SMILES string of the molecule is CC(C)(C)c1cc(C([NH3+])CC(=O)O)cc(C(C)(C)C)c1. The van der Waals surface area contributed by atoms with Gasteiger partial charge in [0.15, 0.2) is 0 Å². The van der Waals surface area contributed by atoms with Crippen molar-refractivity contribution in [3.63, 3.8) is 0 Å². The highest BCUT2D eigenvalue weighted by Crippen LogP contribution is 2.31. The molecule has 0 spiro atoms. The first-order valence-corrected chi connectivity index (χ1v) is 7.12. The second kappa shape index (κ2) is 5.57. The molecule has 3 nitrogen and oxygen atoms in total. The Balaban J connectivity index is 3.34. The van der Waals surface area contributed by atoms with E-state index in [9.17, 15) is 4.79 Å². The molecular weight excluding hydrogens is 250 g/mol. The normalized spacial score (nSPS) is 14.2. The number of aliphatic carboxylic acids is 1. The molecule has 0 bridgehead atoms. The van der Waals surface area contributed by atoms with Crippen LogP contribution >= 0.6 is 0 Å². The van der Waals surface area contributed by atoms with Crippen LogP contribution in [0, 0.1) is 0 Å². The molecule has 0 amide bonds. The first kappa shape index (κ1) is 16.7. The van der Waals surface area contributed by atoms with Crippen molar-refractivity contribution in [3.05, 3.63) is 34.9 Å². The number of quaternary nitrogens is 1. The molecule has 1 unspecified atom stereocenters. The summed E-state index contributed by atoms with van der Waals surface area (Å²) in [5.41, 5.74) is 7.58. The molecule has 0 fully saturated rings. The van der Waals surface area contributed by atoms with Gasteiger partial charge in [-0.25, -0.2) is 0 Å². The van der Waals surface area contributed by atoms with E-state index in [2.05, 4.69) is 65.5 Å². The number of hydrogen-bond donors (Lipinski definition) is 2. The number of benzene rings is 1. The van der Waals surface area contributed by atoms with Crippen LogP contribution in [0.3, 0.4) is 0 Å².